The number of rotatable bonds is 5. The Balaban J connectivity index is 1.23. The van der Waals surface area contributed by atoms with Crippen molar-refractivity contribution >= 4 is 11.9 Å². The number of benzene rings is 2. The topological polar surface area (TPSA) is 79.9 Å². The van der Waals surface area contributed by atoms with Crippen molar-refractivity contribution in [1.29, 1.82) is 0 Å². The molecule has 4 rings (SSSR count). The monoisotopic (exact) mass is 395 g/mol. The van der Waals surface area contributed by atoms with Crippen molar-refractivity contribution in [2.45, 2.75) is 32.4 Å². The summed E-state index contributed by atoms with van der Waals surface area (Å²) in [6, 6.07) is 12.8. The van der Waals surface area contributed by atoms with Gasteiger partial charge in [-0.3, -0.25) is 4.79 Å². The summed E-state index contributed by atoms with van der Waals surface area (Å²) in [5.41, 5.74) is 2.58. The van der Waals surface area contributed by atoms with E-state index in [1.165, 1.54) is 6.42 Å². The first-order valence-corrected chi connectivity index (χ1v) is 9.97. The molecule has 0 radical (unpaired) electrons. The largest absolute Gasteiger partial charge is 0.454 e. The average Bonchev–Trinajstić information content (AvgIpc) is 3.24. The molecule has 0 saturated carbocycles. The highest BCUT2D eigenvalue weighted by Gasteiger charge is 2.18. The van der Waals surface area contributed by atoms with Crippen LogP contribution in [0, 0.1) is 0 Å². The summed E-state index contributed by atoms with van der Waals surface area (Å²) >= 11 is 0. The molecule has 1 saturated heterocycles. The third kappa shape index (κ3) is 4.80. The predicted molar refractivity (Wildman–Crippen MR) is 108 cm³/mol. The number of amides is 3. The number of carbonyl (C=O) groups excluding carboxylic acids is 2. The molecule has 2 aromatic carbocycles. The minimum Gasteiger partial charge on any atom is -0.454 e. The molecule has 0 spiro atoms. The van der Waals surface area contributed by atoms with Gasteiger partial charge < -0.3 is 25.0 Å². The molecule has 1 fully saturated rings. The maximum absolute atomic E-state index is 12.5. The third-order valence-corrected chi connectivity index (χ3v) is 5.19. The van der Waals surface area contributed by atoms with E-state index in [0.717, 1.165) is 42.8 Å². The van der Waals surface area contributed by atoms with Crippen molar-refractivity contribution in [2.24, 2.45) is 0 Å². The van der Waals surface area contributed by atoms with Crippen LogP contribution >= 0.6 is 0 Å². The molecule has 7 nitrogen and oxygen atoms in total. The van der Waals surface area contributed by atoms with E-state index in [-0.39, 0.29) is 18.7 Å². The van der Waals surface area contributed by atoms with E-state index in [0.29, 0.717) is 24.4 Å². The zero-order chi connectivity index (χ0) is 20.1. The third-order valence-electron chi connectivity index (χ3n) is 5.19. The lowest BCUT2D eigenvalue weighted by molar-refractivity contribution is 0.0724. The van der Waals surface area contributed by atoms with Crippen molar-refractivity contribution in [3.05, 3.63) is 59.2 Å². The molecular formula is C22H25N3O4. The lowest BCUT2D eigenvalue weighted by Gasteiger charge is -2.26. The highest BCUT2D eigenvalue weighted by atomic mass is 16.7. The SMILES string of the molecule is O=C(NCc1ccc(C(=O)N2CCCCC2)cc1)NCc1ccc2c(c1)OCO2. The fourth-order valence-corrected chi connectivity index (χ4v) is 3.52. The average molecular weight is 395 g/mol. The van der Waals surface area contributed by atoms with Gasteiger partial charge in [0.1, 0.15) is 0 Å². The molecule has 2 N–H and O–H groups in total. The van der Waals surface area contributed by atoms with Gasteiger partial charge in [-0.25, -0.2) is 4.79 Å². The maximum Gasteiger partial charge on any atom is 0.315 e. The second kappa shape index (κ2) is 8.86. The first-order chi connectivity index (χ1) is 14.2. The van der Waals surface area contributed by atoms with Crippen LogP contribution in [0.1, 0.15) is 40.7 Å². The molecule has 2 heterocycles. The fourth-order valence-electron chi connectivity index (χ4n) is 3.52. The quantitative estimate of drug-likeness (QED) is 0.816. The van der Waals surface area contributed by atoms with E-state index in [9.17, 15) is 9.59 Å². The van der Waals surface area contributed by atoms with Gasteiger partial charge in [-0.15, -0.1) is 0 Å². The van der Waals surface area contributed by atoms with E-state index < -0.39 is 0 Å². The van der Waals surface area contributed by atoms with Gasteiger partial charge in [0.25, 0.3) is 5.91 Å². The van der Waals surface area contributed by atoms with Gasteiger partial charge in [-0.1, -0.05) is 18.2 Å². The Morgan fingerprint density at radius 3 is 2.24 bits per heavy atom. The molecule has 0 bridgehead atoms. The van der Waals surface area contributed by atoms with E-state index in [4.69, 9.17) is 9.47 Å². The van der Waals surface area contributed by atoms with Gasteiger partial charge in [0.05, 0.1) is 0 Å². The summed E-state index contributed by atoms with van der Waals surface area (Å²) in [5, 5.41) is 5.66. The standard InChI is InChI=1S/C22H25N3O4/c26-21(25-10-2-1-3-11-25)18-7-4-16(5-8-18)13-23-22(27)24-14-17-6-9-19-20(12-17)29-15-28-19/h4-9,12H,1-3,10-11,13-15H2,(H2,23,24,27). The summed E-state index contributed by atoms with van der Waals surface area (Å²) in [6.45, 7) is 2.70. The first-order valence-electron chi connectivity index (χ1n) is 9.97. The van der Waals surface area contributed by atoms with Gasteiger partial charge >= 0.3 is 6.03 Å². The molecule has 0 atom stereocenters. The Morgan fingerprint density at radius 1 is 0.828 bits per heavy atom. The van der Waals surface area contributed by atoms with Crippen molar-refractivity contribution in [3.8, 4) is 11.5 Å². The number of ether oxygens (including phenoxy) is 2. The normalized spacial score (nSPS) is 15.1. The molecule has 2 aliphatic heterocycles. The molecule has 0 aromatic heterocycles. The van der Waals surface area contributed by atoms with E-state index in [1.807, 2.05) is 47.4 Å². The smallest absolute Gasteiger partial charge is 0.315 e. The van der Waals surface area contributed by atoms with Crippen LogP contribution in [0.25, 0.3) is 0 Å². The number of likely N-dealkylation sites (tertiary alicyclic amines) is 1. The number of hydrogen-bond donors (Lipinski definition) is 2. The Hall–Kier alpha value is -3.22. The molecule has 29 heavy (non-hydrogen) atoms. The molecule has 152 valence electrons. The highest BCUT2D eigenvalue weighted by molar-refractivity contribution is 5.94. The van der Waals surface area contributed by atoms with E-state index in [2.05, 4.69) is 10.6 Å². The minimum atomic E-state index is -0.254. The molecule has 0 aliphatic carbocycles. The summed E-state index contributed by atoms with van der Waals surface area (Å²) < 4.78 is 10.6. The van der Waals surface area contributed by atoms with Crippen LogP contribution in [0.5, 0.6) is 11.5 Å². The van der Waals surface area contributed by atoms with E-state index in [1.54, 1.807) is 0 Å². The number of carbonyl (C=O) groups is 2. The van der Waals surface area contributed by atoms with Crippen LogP contribution in [-0.4, -0.2) is 36.7 Å². The number of nitrogens with one attached hydrogen (secondary N) is 2. The Kier molecular flexibility index (Phi) is 5.84. The number of nitrogens with zero attached hydrogens (tertiary/aromatic N) is 1. The van der Waals surface area contributed by atoms with Crippen LogP contribution in [0.3, 0.4) is 0 Å². The molecule has 2 aromatic rings. The second-order valence-corrected chi connectivity index (χ2v) is 7.27. The number of fused-ring (bicyclic) bond motifs is 1. The van der Waals surface area contributed by atoms with Crippen molar-refractivity contribution in [3.63, 3.8) is 0 Å². The molecular weight excluding hydrogens is 370 g/mol. The summed E-state index contributed by atoms with van der Waals surface area (Å²) in [5.74, 6) is 1.51. The zero-order valence-electron chi connectivity index (χ0n) is 16.3. The predicted octanol–water partition coefficient (Wildman–Crippen LogP) is 3.04. The lowest BCUT2D eigenvalue weighted by atomic mass is 10.1. The Bertz CT molecular complexity index is 876. The molecule has 0 unspecified atom stereocenters. The molecule has 3 amide bonds. The van der Waals surface area contributed by atoms with Crippen LogP contribution in [0.15, 0.2) is 42.5 Å². The summed E-state index contributed by atoms with van der Waals surface area (Å²) in [4.78, 5) is 26.5. The van der Waals surface area contributed by atoms with Gasteiger partial charge in [-0.2, -0.15) is 0 Å². The molecule has 7 heteroatoms. The Morgan fingerprint density at radius 2 is 1.48 bits per heavy atom. The number of piperidine rings is 1. The van der Waals surface area contributed by atoms with Gasteiger partial charge in [0.15, 0.2) is 11.5 Å². The van der Waals surface area contributed by atoms with Gasteiger partial charge in [-0.05, 0) is 54.7 Å². The maximum atomic E-state index is 12.5. The van der Waals surface area contributed by atoms with Crippen LogP contribution in [0.2, 0.25) is 0 Å². The zero-order valence-corrected chi connectivity index (χ0v) is 16.3. The lowest BCUT2D eigenvalue weighted by Crippen LogP contribution is -2.35. The van der Waals surface area contributed by atoms with Gasteiger partial charge in [0, 0.05) is 31.7 Å². The summed E-state index contributed by atoms with van der Waals surface area (Å²) in [7, 11) is 0. The summed E-state index contributed by atoms with van der Waals surface area (Å²) in [6.07, 6.45) is 3.36. The van der Waals surface area contributed by atoms with Crippen LogP contribution < -0.4 is 20.1 Å². The Labute approximate surface area is 170 Å². The fraction of sp³-hybridized carbons (Fsp3) is 0.364. The molecule has 2 aliphatic rings. The first kappa shape index (κ1) is 19.1. The van der Waals surface area contributed by atoms with E-state index >= 15 is 0 Å². The van der Waals surface area contributed by atoms with Crippen LogP contribution in [-0.2, 0) is 13.1 Å². The van der Waals surface area contributed by atoms with Gasteiger partial charge in [0.2, 0.25) is 6.79 Å². The van der Waals surface area contributed by atoms with Crippen LogP contribution in [0.4, 0.5) is 4.79 Å². The highest BCUT2D eigenvalue weighted by Crippen LogP contribution is 2.32. The van der Waals surface area contributed by atoms with Crippen molar-refractivity contribution in [2.75, 3.05) is 19.9 Å². The second-order valence-electron chi connectivity index (χ2n) is 7.27. The minimum absolute atomic E-state index is 0.0886. The van der Waals surface area contributed by atoms with Crippen molar-refractivity contribution < 1.29 is 19.1 Å². The number of hydrogen-bond acceptors (Lipinski definition) is 4. The number of urea groups is 1. The van der Waals surface area contributed by atoms with Crippen molar-refractivity contribution in [1.82, 2.24) is 15.5 Å².